The van der Waals surface area contributed by atoms with Crippen LogP contribution in [0.1, 0.15) is 6.92 Å². The first kappa shape index (κ1) is 11.5. The van der Waals surface area contributed by atoms with E-state index < -0.39 is 21.4 Å². The van der Waals surface area contributed by atoms with Crippen LogP contribution in [0.5, 0.6) is 0 Å². The number of nitrogens with zero attached hydrogens (tertiary/aromatic N) is 1. The minimum absolute atomic E-state index is 0.226. The van der Waals surface area contributed by atoms with Gasteiger partial charge in [0, 0.05) is 18.6 Å². The van der Waals surface area contributed by atoms with Crippen LogP contribution >= 0.6 is 0 Å². The van der Waals surface area contributed by atoms with Crippen LogP contribution in [-0.4, -0.2) is 31.4 Å². The lowest BCUT2D eigenvalue weighted by molar-refractivity contribution is 0.176. The summed E-state index contributed by atoms with van der Waals surface area (Å²) in [4.78, 5) is -0.287. The van der Waals surface area contributed by atoms with E-state index in [1.165, 1.54) is 22.5 Å². The molecule has 0 unspecified atom stereocenters. The summed E-state index contributed by atoms with van der Waals surface area (Å²) >= 11 is 0. The van der Waals surface area contributed by atoms with Gasteiger partial charge in [0.1, 0.15) is 10.7 Å². The van der Waals surface area contributed by atoms with Crippen molar-refractivity contribution >= 4 is 10.0 Å². The number of sulfonamides is 1. The van der Waals surface area contributed by atoms with Crippen LogP contribution in [0.3, 0.4) is 0 Å². The summed E-state index contributed by atoms with van der Waals surface area (Å²) in [6.07, 6.45) is 0. The molecular weight excluding hydrogens is 231 g/mol. The van der Waals surface area contributed by atoms with E-state index in [0.29, 0.717) is 0 Å². The van der Waals surface area contributed by atoms with Crippen molar-refractivity contribution in [2.75, 3.05) is 13.1 Å². The van der Waals surface area contributed by atoms with E-state index in [0.717, 1.165) is 6.07 Å². The van der Waals surface area contributed by atoms with E-state index in [4.69, 9.17) is 5.73 Å². The summed E-state index contributed by atoms with van der Waals surface area (Å²) in [5, 5.41) is 0. The number of halogens is 1. The second kappa shape index (κ2) is 3.51. The molecule has 0 spiro atoms. The van der Waals surface area contributed by atoms with E-state index in [1.54, 1.807) is 6.92 Å². The summed E-state index contributed by atoms with van der Waals surface area (Å²) < 4.78 is 38.5. The second-order valence-corrected chi connectivity index (χ2v) is 6.26. The van der Waals surface area contributed by atoms with Crippen molar-refractivity contribution in [2.24, 2.45) is 5.73 Å². The molecule has 0 bridgehead atoms. The maximum atomic E-state index is 13.4. The predicted octanol–water partition coefficient (Wildman–Crippen LogP) is 0.547. The third kappa shape index (κ3) is 1.83. The van der Waals surface area contributed by atoms with Gasteiger partial charge in [0.05, 0.1) is 0 Å². The average molecular weight is 244 g/mol. The summed E-state index contributed by atoms with van der Waals surface area (Å²) in [5.74, 6) is -0.729. The first-order valence-electron chi connectivity index (χ1n) is 4.86. The molecule has 1 aromatic rings. The van der Waals surface area contributed by atoms with Crippen LogP contribution < -0.4 is 5.73 Å². The van der Waals surface area contributed by atoms with Crippen molar-refractivity contribution in [3.8, 4) is 0 Å². The first-order chi connectivity index (χ1) is 7.33. The number of hydrogen-bond acceptors (Lipinski definition) is 3. The molecule has 0 aliphatic carbocycles. The van der Waals surface area contributed by atoms with Gasteiger partial charge in [-0.15, -0.1) is 0 Å². The first-order valence-corrected chi connectivity index (χ1v) is 6.30. The second-order valence-electron chi connectivity index (χ2n) is 4.36. The van der Waals surface area contributed by atoms with E-state index in [9.17, 15) is 12.8 Å². The largest absolute Gasteiger partial charge is 0.323 e. The standard InChI is InChI=1S/C10H13FN2O2S/c1-10(12)6-13(7-10)16(14,15)9-5-3-2-4-8(9)11/h2-5H,6-7,12H2,1H3. The van der Waals surface area contributed by atoms with Gasteiger partial charge in [0.15, 0.2) is 0 Å². The van der Waals surface area contributed by atoms with Crippen molar-refractivity contribution in [3.63, 3.8) is 0 Å². The van der Waals surface area contributed by atoms with Gasteiger partial charge in [-0.3, -0.25) is 0 Å². The number of hydrogen-bond donors (Lipinski definition) is 1. The highest BCUT2D eigenvalue weighted by Gasteiger charge is 2.43. The normalized spacial score (nSPS) is 20.4. The number of nitrogens with two attached hydrogens (primary N) is 1. The van der Waals surface area contributed by atoms with Gasteiger partial charge in [-0.2, -0.15) is 4.31 Å². The Labute approximate surface area is 93.9 Å². The van der Waals surface area contributed by atoms with E-state index in [1.807, 2.05) is 0 Å². The summed E-state index contributed by atoms with van der Waals surface area (Å²) in [7, 11) is -3.73. The zero-order chi connectivity index (χ0) is 12.0. The quantitative estimate of drug-likeness (QED) is 0.826. The van der Waals surface area contributed by atoms with Crippen LogP contribution in [0.25, 0.3) is 0 Å². The molecule has 0 radical (unpaired) electrons. The van der Waals surface area contributed by atoms with Crippen LogP contribution in [0.15, 0.2) is 29.2 Å². The topological polar surface area (TPSA) is 63.4 Å². The van der Waals surface area contributed by atoms with Crippen molar-refractivity contribution in [2.45, 2.75) is 17.4 Å². The molecule has 0 aromatic heterocycles. The number of rotatable bonds is 2. The minimum atomic E-state index is -3.73. The van der Waals surface area contributed by atoms with Crippen molar-refractivity contribution in [3.05, 3.63) is 30.1 Å². The van der Waals surface area contributed by atoms with Crippen molar-refractivity contribution in [1.82, 2.24) is 4.31 Å². The molecule has 2 rings (SSSR count). The van der Waals surface area contributed by atoms with Gasteiger partial charge >= 0.3 is 0 Å². The Balaban J connectivity index is 2.32. The zero-order valence-corrected chi connectivity index (χ0v) is 9.67. The smallest absolute Gasteiger partial charge is 0.246 e. The van der Waals surface area contributed by atoms with Crippen molar-refractivity contribution in [1.29, 1.82) is 0 Å². The SMILES string of the molecule is CC1(N)CN(S(=O)(=O)c2ccccc2F)C1. The summed E-state index contributed by atoms with van der Waals surface area (Å²) in [6.45, 7) is 2.22. The zero-order valence-electron chi connectivity index (χ0n) is 8.85. The molecule has 0 saturated carbocycles. The lowest BCUT2D eigenvalue weighted by Crippen LogP contribution is -2.66. The molecule has 1 aliphatic heterocycles. The molecule has 2 N–H and O–H groups in total. The monoisotopic (exact) mass is 244 g/mol. The summed E-state index contributed by atoms with van der Waals surface area (Å²) in [6, 6.07) is 5.35. The molecule has 1 fully saturated rings. The van der Waals surface area contributed by atoms with Gasteiger partial charge in [-0.1, -0.05) is 12.1 Å². The lowest BCUT2D eigenvalue weighted by atomic mass is 9.97. The fourth-order valence-electron chi connectivity index (χ4n) is 1.72. The lowest BCUT2D eigenvalue weighted by Gasteiger charge is -2.44. The molecule has 1 saturated heterocycles. The molecule has 16 heavy (non-hydrogen) atoms. The van der Waals surface area contributed by atoms with E-state index in [2.05, 4.69) is 0 Å². The van der Waals surface area contributed by atoms with Gasteiger partial charge < -0.3 is 5.73 Å². The highest BCUT2D eigenvalue weighted by atomic mass is 32.2. The highest BCUT2D eigenvalue weighted by molar-refractivity contribution is 7.89. The Kier molecular flexibility index (Phi) is 2.52. The molecular formula is C10H13FN2O2S. The molecule has 1 aromatic carbocycles. The van der Waals surface area contributed by atoms with Crippen LogP contribution in [0.2, 0.25) is 0 Å². The van der Waals surface area contributed by atoms with Crippen LogP contribution in [0, 0.1) is 5.82 Å². The van der Waals surface area contributed by atoms with Crippen LogP contribution in [0.4, 0.5) is 4.39 Å². The van der Waals surface area contributed by atoms with Gasteiger partial charge in [-0.25, -0.2) is 12.8 Å². The fraction of sp³-hybridized carbons (Fsp3) is 0.400. The molecule has 0 atom stereocenters. The maximum Gasteiger partial charge on any atom is 0.246 e. The molecule has 0 amide bonds. The fourth-order valence-corrected chi connectivity index (χ4v) is 3.50. The average Bonchev–Trinajstić information content (AvgIpc) is 2.14. The predicted molar refractivity (Wildman–Crippen MR) is 57.8 cm³/mol. The minimum Gasteiger partial charge on any atom is -0.323 e. The Morgan fingerprint density at radius 1 is 1.38 bits per heavy atom. The Morgan fingerprint density at radius 3 is 2.44 bits per heavy atom. The van der Waals surface area contributed by atoms with Gasteiger partial charge in [0.25, 0.3) is 0 Å². The Hall–Kier alpha value is -0.980. The molecule has 1 aliphatic rings. The Morgan fingerprint density at radius 2 is 1.94 bits per heavy atom. The third-order valence-corrected chi connectivity index (χ3v) is 4.35. The summed E-state index contributed by atoms with van der Waals surface area (Å²) in [5.41, 5.74) is 5.22. The number of benzene rings is 1. The third-order valence-electron chi connectivity index (χ3n) is 2.53. The van der Waals surface area contributed by atoms with Gasteiger partial charge in [-0.05, 0) is 19.1 Å². The molecule has 88 valence electrons. The molecule has 1 heterocycles. The van der Waals surface area contributed by atoms with E-state index in [-0.39, 0.29) is 18.0 Å². The maximum absolute atomic E-state index is 13.4. The van der Waals surface area contributed by atoms with Crippen molar-refractivity contribution < 1.29 is 12.8 Å². The molecule has 6 heteroatoms. The van der Waals surface area contributed by atoms with Gasteiger partial charge in [0.2, 0.25) is 10.0 Å². The highest BCUT2D eigenvalue weighted by Crippen LogP contribution is 2.27. The molecule has 4 nitrogen and oxygen atoms in total. The Bertz CT molecular complexity index is 505. The van der Waals surface area contributed by atoms with Crippen LogP contribution in [-0.2, 0) is 10.0 Å². The van der Waals surface area contributed by atoms with E-state index >= 15 is 0 Å².